The number of benzene rings is 1. The Morgan fingerprint density at radius 3 is 2.82 bits per heavy atom. The number of hydrogen-bond acceptors (Lipinski definition) is 3. The largest absolute Gasteiger partial charge is 0.351 e. The molecule has 0 bridgehead atoms. The summed E-state index contributed by atoms with van der Waals surface area (Å²) in [5, 5.41) is 6.88. The van der Waals surface area contributed by atoms with Crippen LogP contribution >= 0.6 is 11.6 Å². The van der Waals surface area contributed by atoms with Crippen LogP contribution in [0.3, 0.4) is 0 Å². The van der Waals surface area contributed by atoms with E-state index in [1.165, 1.54) is 19.3 Å². The molecule has 4 nitrogen and oxygen atoms in total. The number of rotatable bonds is 7. The lowest BCUT2D eigenvalue weighted by Gasteiger charge is -2.31. The zero-order chi connectivity index (χ0) is 15.8. The highest BCUT2D eigenvalue weighted by molar-refractivity contribution is 6.30. The molecule has 1 aliphatic heterocycles. The van der Waals surface area contributed by atoms with E-state index in [0.29, 0.717) is 18.1 Å². The fourth-order valence-electron chi connectivity index (χ4n) is 2.89. The van der Waals surface area contributed by atoms with Crippen molar-refractivity contribution in [1.82, 2.24) is 15.5 Å². The molecule has 0 radical (unpaired) electrons. The highest BCUT2D eigenvalue weighted by Gasteiger charge is 2.20. The van der Waals surface area contributed by atoms with Crippen molar-refractivity contribution in [3.05, 3.63) is 34.9 Å². The Kier molecular flexibility index (Phi) is 7.16. The van der Waals surface area contributed by atoms with Gasteiger partial charge in [-0.25, -0.2) is 0 Å². The first kappa shape index (κ1) is 17.3. The lowest BCUT2D eigenvalue weighted by Crippen LogP contribution is -2.41. The first-order valence-electron chi connectivity index (χ1n) is 8.05. The molecule has 0 saturated carbocycles. The highest BCUT2D eigenvalue weighted by Crippen LogP contribution is 2.19. The molecular weight excluding hydrogens is 298 g/mol. The van der Waals surface area contributed by atoms with E-state index in [4.69, 9.17) is 11.6 Å². The van der Waals surface area contributed by atoms with Crippen LogP contribution in [0.5, 0.6) is 0 Å². The van der Waals surface area contributed by atoms with Gasteiger partial charge >= 0.3 is 0 Å². The summed E-state index contributed by atoms with van der Waals surface area (Å²) in [6, 6.07) is 7.60. The van der Waals surface area contributed by atoms with Gasteiger partial charge in [0.1, 0.15) is 0 Å². The van der Waals surface area contributed by atoms with Crippen LogP contribution in [0.4, 0.5) is 0 Å². The standard InChI is InChI=1S/C17H26ClN3O/c1-19-8-5-14-6-9-21(10-7-14)13-17(22)20-12-15-3-2-4-16(18)11-15/h2-4,11,14,19H,5-10,12-13H2,1H3,(H,20,22). The van der Waals surface area contributed by atoms with E-state index >= 15 is 0 Å². The molecular formula is C17H26ClN3O. The van der Waals surface area contributed by atoms with E-state index in [1.54, 1.807) is 0 Å². The van der Waals surface area contributed by atoms with Crippen LogP contribution in [-0.4, -0.2) is 44.0 Å². The van der Waals surface area contributed by atoms with E-state index in [-0.39, 0.29) is 5.91 Å². The average molecular weight is 324 g/mol. The zero-order valence-corrected chi connectivity index (χ0v) is 14.0. The van der Waals surface area contributed by atoms with Gasteiger partial charge in [-0.1, -0.05) is 23.7 Å². The summed E-state index contributed by atoms with van der Waals surface area (Å²) in [7, 11) is 2.00. The summed E-state index contributed by atoms with van der Waals surface area (Å²) in [5.74, 6) is 0.895. The molecule has 5 heteroatoms. The third-order valence-corrected chi connectivity index (χ3v) is 4.49. The highest BCUT2D eigenvalue weighted by atomic mass is 35.5. The minimum atomic E-state index is 0.0913. The van der Waals surface area contributed by atoms with Gasteiger partial charge in [0.05, 0.1) is 6.54 Å². The Labute approximate surface area is 138 Å². The Bertz CT molecular complexity index is 473. The number of nitrogens with zero attached hydrogens (tertiary/aromatic N) is 1. The second-order valence-corrected chi connectivity index (χ2v) is 6.45. The summed E-state index contributed by atoms with van der Waals surface area (Å²) in [6.45, 7) is 4.18. The number of amides is 1. The number of carbonyl (C=O) groups is 1. The normalized spacial score (nSPS) is 16.6. The molecule has 0 atom stereocenters. The van der Waals surface area contributed by atoms with Crippen LogP contribution in [0.2, 0.25) is 5.02 Å². The second-order valence-electron chi connectivity index (χ2n) is 6.02. The predicted octanol–water partition coefficient (Wildman–Crippen LogP) is 2.28. The maximum absolute atomic E-state index is 12.0. The fourth-order valence-corrected chi connectivity index (χ4v) is 3.10. The van der Waals surface area contributed by atoms with Crippen LogP contribution in [0.25, 0.3) is 0 Å². The van der Waals surface area contributed by atoms with Crippen molar-refractivity contribution in [3.8, 4) is 0 Å². The van der Waals surface area contributed by atoms with Crippen molar-refractivity contribution in [3.63, 3.8) is 0 Å². The number of piperidine rings is 1. The Morgan fingerprint density at radius 2 is 2.14 bits per heavy atom. The van der Waals surface area contributed by atoms with Gasteiger partial charge in [0.2, 0.25) is 5.91 Å². The molecule has 1 aliphatic rings. The molecule has 0 spiro atoms. The SMILES string of the molecule is CNCCC1CCN(CC(=O)NCc2cccc(Cl)c2)CC1. The molecule has 1 saturated heterocycles. The molecule has 1 aromatic carbocycles. The van der Waals surface area contributed by atoms with Crippen LogP contribution in [-0.2, 0) is 11.3 Å². The summed E-state index contributed by atoms with van der Waals surface area (Å²) in [5.41, 5.74) is 1.03. The molecule has 22 heavy (non-hydrogen) atoms. The van der Waals surface area contributed by atoms with E-state index in [2.05, 4.69) is 15.5 Å². The van der Waals surface area contributed by atoms with Crippen LogP contribution in [0.15, 0.2) is 24.3 Å². The summed E-state index contributed by atoms with van der Waals surface area (Å²) in [6.07, 6.45) is 3.64. The van der Waals surface area contributed by atoms with Crippen molar-refractivity contribution in [2.75, 3.05) is 33.2 Å². The first-order valence-corrected chi connectivity index (χ1v) is 8.43. The monoisotopic (exact) mass is 323 g/mol. The lowest BCUT2D eigenvalue weighted by atomic mass is 9.93. The van der Waals surface area contributed by atoms with E-state index < -0.39 is 0 Å². The maximum atomic E-state index is 12.0. The number of nitrogens with one attached hydrogen (secondary N) is 2. The number of hydrogen-bond donors (Lipinski definition) is 2. The smallest absolute Gasteiger partial charge is 0.234 e. The topological polar surface area (TPSA) is 44.4 Å². The minimum absolute atomic E-state index is 0.0913. The molecule has 0 aromatic heterocycles. The Morgan fingerprint density at radius 1 is 1.36 bits per heavy atom. The number of carbonyl (C=O) groups excluding carboxylic acids is 1. The summed E-state index contributed by atoms with van der Waals surface area (Å²) >= 11 is 5.94. The van der Waals surface area contributed by atoms with Crippen molar-refractivity contribution in [2.24, 2.45) is 5.92 Å². The molecule has 1 aromatic rings. The van der Waals surface area contributed by atoms with E-state index in [0.717, 1.165) is 31.1 Å². The summed E-state index contributed by atoms with van der Waals surface area (Å²) < 4.78 is 0. The second kappa shape index (κ2) is 9.13. The Hall–Kier alpha value is -1.10. The first-order chi connectivity index (χ1) is 10.7. The van der Waals surface area contributed by atoms with Crippen LogP contribution in [0, 0.1) is 5.92 Å². The third-order valence-electron chi connectivity index (χ3n) is 4.26. The van der Waals surface area contributed by atoms with Crippen molar-refractivity contribution in [1.29, 1.82) is 0 Å². The van der Waals surface area contributed by atoms with Gasteiger partial charge in [-0.2, -0.15) is 0 Å². The van der Waals surface area contributed by atoms with Crippen molar-refractivity contribution in [2.45, 2.75) is 25.8 Å². The van der Waals surface area contributed by atoms with E-state index in [9.17, 15) is 4.79 Å². The predicted molar refractivity (Wildman–Crippen MR) is 91.0 cm³/mol. The maximum Gasteiger partial charge on any atom is 0.234 e. The van der Waals surface area contributed by atoms with Gasteiger partial charge in [-0.3, -0.25) is 9.69 Å². The van der Waals surface area contributed by atoms with Crippen LogP contribution < -0.4 is 10.6 Å². The molecule has 1 fully saturated rings. The molecule has 0 unspecified atom stereocenters. The molecule has 2 rings (SSSR count). The zero-order valence-electron chi connectivity index (χ0n) is 13.3. The number of likely N-dealkylation sites (tertiary alicyclic amines) is 1. The molecule has 0 aliphatic carbocycles. The van der Waals surface area contributed by atoms with Gasteiger partial charge in [0, 0.05) is 11.6 Å². The molecule has 1 amide bonds. The summed E-state index contributed by atoms with van der Waals surface area (Å²) in [4.78, 5) is 14.3. The van der Waals surface area contributed by atoms with E-state index in [1.807, 2.05) is 31.3 Å². The average Bonchev–Trinajstić information content (AvgIpc) is 2.52. The lowest BCUT2D eigenvalue weighted by molar-refractivity contribution is -0.122. The van der Waals surface area contributed by atoms with Gasteiger partial charge in [0.15, 0.2) is 0 Å². The van der Waals surface area contributed by atoms with Gasteiger partial charge in [-0.05, 0) is 69.6 Å². The van der Waals surface area contributed by atoms with Gasteiger partial charge in [0.25, 0.3) is 0 Å². The minimum Gasteiger partial charge on any atom is -0.351 e. The van der Waals surface area contributed by atoms with Crippen LogP contribution in [0.1, 0.15) is 24.8 Å². The molecule has 122 valence electrons. The molecule has 1 heterocycles. The quantitative estimate of drug-likeness (QED) is 0.809. The van der Waals surface area contributed by atoms with Gasteiger partial charge < -0.3 is 10.6 Å². The van der Waals surface area contributed by atoms with Crippen molar-refractivity contribution < 1.29 is 4.79 Å². The van der Waals surface area contributed by atoms with Gasteiger partial charge in [-0.15, -0.1) is 0 Å². The number of halogens is 1. The third kappa shape index (κ3) is 5.95. The van der Waals surface area contributed by atoms with Crippen molar-refractivity contribution >= 4 is 17.5 Å². The Balaban J connectivity index is 1.65. The molecule has 2 N–H and O–H groups in total. The fraction of sp³-hybridized carbons (Fsp3) is 0.588.